The quantitative estimate of drug-likeness (QED) is 0.623. The molecule has 0 radical (unpaired) electrons. The molecule has 0 spiro atoms. The number of primary amides is 1. The minimum atomic E-state index is -0.521. The second-order valence-corrected chi connectivity index (χ2v) is 5.66. The predicted octanol–water partition coefficient (Wildman–Crippen LogP) is 2.51. The molecule has 0 aliphatic rings. The number of benzene rings is 1. The zero-order chi connectivity index (χ0) is 17.2. The monoisotopic (exact) mass is 329 g/mol. The number of hydrogen-bond donors (Lipinski definition) is 1. The lowest BCUT2D eigenvalue weighted by Crippen LogP contribution is -2.18. The van der Waals surface area contributed by atoms with Gasteiger partial charge in [-0.25, -0.2) is 15.0 Å². The van der Waals surface area contributed by atoms with Gasteiger partial charge in [0.2, 0.25) is 0 Å². The molecular formula is C19H15N5O. The van der Waals surface area contributed by atoms with Crippen molar-refractivity contribution in [2.75, 3.05) is 0 Å². The summed E-state index contributed by atoms with van der Waals surface area (Å²) in [5.41, 5.74) is 9.35. The van der Waals surface area contributed by atoms with Gasteiger partial charge in [-0.05, 0) is 35.7 Å². The lowest BCUT2D eigenvalue weighted by Gasteiger charge is -2.12. The number of carbonyl (C=O) groups is 1. The summed E-state index contributed by atoms with van der Waals surface area (Å²) in [5.74, 6) is -0.0751. The number of hydrogen-bond acceptors (Lipinski definition) is 4. The van der Waals surface area contributed by atoms with Crippen molar-refractivity contribution in [2.45, 2.75) is 6.42 Å². The highest BCUT2D eigenvalue weighted by Crippen LogP contribution is 2.22. The van der Waals surface area contributed by atoms with E-state index in [1.807, 2.05) is 48.5 Å². The molecule has 2 N–H and O–H groups in total. The van der Waals surface area contributed by atoms with E-state index >= 15 is 0 Å². The normalized spacial score (nSPS) is 10.9. The lowest BCUT2D eigenvalue weighted by molar-refractivity contribution is 0.0999. The molecule has 6 nitrogen and oxygen atoms in total. The Balaban J connectivity index is 1.89. The van der Waals surface area contributed by atoms with Crippen molar-refractivity contribution in [3.05, 3.63) is 83.9 Å². The molecule has 0 unspecified atom stereocenters. The van der Waals surface area contributed by atoms with Crippen LogP contribution in [0.15, 0.2) is 67.3 Å². The van der Waals surface area contributed by atoms with Crippen molar-refractivity contribution in [2.24, 2.45) is 5.73 Å². The molecule has 3 aromatic heterocycles. The first-order chi connectivity index (χ1) is 12.2. The van der Waals surface area contributed by atoms with Crippen LogP contribution in [0.4, 0.5) is 0 Å². The maximum absolute atomic E-state index is 12.2. The van der Waals surface area contributed by atoms with Gasteiger partial charge < -0.3 is 5.73 Å². The van der Waals surface area contributed by atoms with Gasteiger partial charge in [0, 0.05) is 12.4 Å². The topological polar surface area (TPSA) is 86.7 Å². The van der Waals surface area contributed by atoms with Crippen molar-refractivity contribution < 1.29 is 4.79 Å². The molecule has 122 valence electrons. The molecule has 6 heteroatoms. The summed E-state index contributed by atoms with van der Waals surface area (Å²) in [6.45, 7) is 0. The van der Waals surface area contributed by atoms with Gasteiger partial charge in [0.25, 0.3) is 5.91 Å². The molecule has 0 atom stereocenters. The van der Waals surface area contributed by atoms with Gasteiger partial charge in [-0.15, -0.1) is 0 Å². The Labute approximate surface area is 144 Å². The Morgan fingerprint density at radius 3 is 2.60 bits per heavy atom. The Kier molecular flexibility index (Phi) is 3.70. The maximum Gasteiger partial charge on any atom is 0.252 e. The van der Waals surface area contributed by atoms with Gasteiger partial charge >= 0.3 is 0 Å². The van der Waals surface area contributed by atoms with E-state index in [1.165, 1.54) is 0 Å². The van der Waals surface area contributed by atoms with E-state index in [0.717, 1.165) is 16.6 Å². The molecule has 0 aliphatic carbocycles. The third-order valence-corrected chi connectivity index (χ3v) is 4.04. The molecule has 3 heterocycles. The zero-order valence-electron chi connectivity index (χ0n) is 13.3. The van der Waals surface area contributed by atoms with Gasteiger partial charge in [-0.2, -0.15) is 0 Å². The second kappa shape index (κ2) is 6.16. The third-order valence-electron chi connectivity index (χ3n) is 4.04. The summed E-state index contributed by atoms with van der Waals surface area (Å²) in [6, 6.07) is 15.4. The Hall–Kier alpha value is -3.54. The van der Waals surface area contributed by atoms with Crippen molar-refractivity contribution >= 4 is 17.1 Å². The fraction of sp³-hybridized carbons (Fsp3) is 0.0526. The molecule has 1 amide bonds. The van der Waals surface area contributed by atoms with Crippen molar-refractivity contribution in [3.63, 3.8) is 0 Å². The highest BCUT2D eigenvalue weighted by molar-refractivity contribution is 5.98. The van der Waals surface area contributed by atoms with E-state index in [1.54, 1.807) is 23.3 Å². The molecule has 25 heavy (non-hydrogen) atoms. The van der Waals surface area contributed by atoms with Crippen LogP contribution in [0.25, 0.3) is 17.0 Å². The van der Waals surface area contributed by atoms with E-state index in [4.69, 9.17) is 5.73 Å². The highest BCUT2D eigenvalue weighted by Gasteiger charge is 2.18. The first-order valence-corrected chi connectivity index (χ1v) is 7.84. The van der Waals surface area contributed by atoms with E-state index < -0.39 is 5.91 Å². The second-order valence-electron chi connectivity index (χ2n) is 5.66. The van der Waals surface area contributed by atoms with E-state index in [-0.39, 0.29) is 0 Å². The molecule has 4 rings (SSSR count). The number of fused-ring (bicyclic) bond motifs is 1. The average molecular weight is 329 g/mol. The minimum Gasteiger partial charge on any atom is -0.365 e. The molecule has 0 saturated heterocycles. The molecule has 1 aromatic carbocycles. The number of carbonyl (C=O) groups excluding carboxylic acids is 1. The zero-order valence-corrected chi connectivity index (χ0v) is 13.3. The van der Waals surface area contributed by atoms with E-state index in [9.17, 15) is 4.79 Å². The van der Waals surface area contributed by atoms with Crippen LogP contribution < -0.4 is 5.73 Å². The number of imidazole rings is 1. The molecule has 0 fully saturated rings. The fourth-order valence-corrected chi connectivity index (χ4v) is 2.91. The highest BCUT2D eigenvalue weighted by atomic mass is 16.1. The standard InChI is InChI=1S/C19H15N5O/c20-17(25)16-14(11-13-5-2-1-3-6-13)8-10-22-19(16)24-12-23-15-7-4-9-21-18(15)24/h1-10,12H,11H2,(H2,20,25). The van der Waals surface area contributed by atoms with Gasteiger partial charge in [0.1, 0.15) is 11.8 Å². The molecular weight excluding hydrogens is 314 g/mol. The predicted molar refractivity (Wildman–Crippen MR) is 94.4 cm³/mol. The Morgan fingerprint density at radius 1 is 0.960 bits per heavy atom. The summed E-state index contributed by atoms with van der Waals surface area (Å²) in [4.78, 5) is 25.2. The summed E-state index contributed by atoms with van der Waals surface area (Å²) in [5, 5.41) is 0. The summed E-state index contributed by atoms with van der Waals surface area (Å²) >= 11 is 0. The van der Waals surface area contributed by atoms with Crippen LogP contribution >= 0.6 is 0 Å². The van der Waals surface area contributed by atoms with Crippen LogP contribution in [0.3, 0.4) is 0 Å². The SMILES string of the molecule is NC(=O)c1c(Cc2ccccc2)ccnc1-n1cnc2cccnc21. The number of rotatable bonds is 4. The van der Waals surface area contributed by atoms with Crippen LogP contribution in [-0.2, 0) is 6.42 Å². The number of nitrogens with zero attached hydrogens (tertiary/aromatic N) is 4. The van der Waals surface area contributed by atoms with E-state index in [0.29, 0.717) is 23.4 Å². The first-order valence-electron chi connectivity index (χ1n) is 7.84. The largest absolute Gasteiger partial charge is 0.365 e. The Bertz CT molecular complexity index is 1060. The van der Waals surface area contributed by atoms with Crippen LogP contribution in [-0.4, -0.2) is 25.4 Å². The van der Waals surface area contributed by atoms with Crippen LogP contribution in [0.2, 0.25) is 0 Å². The average Bonchev–Trinajstić information content (AvgIpc) is 3.06. The lowest BCUT2D eigenvalue weighted by atomic mass is 10.0. The van der Waals surface area contributed by atoms with Crippen LogP contribution in [0, 0.1) is 0 Å². The number of amides is 1. The first kappa shape index (κ1) is 15.0. The Morgan fingerprint density at radius 2 is 1.80 bits per heavy atom. The minimum absolute atomic E-state index is 0.385. The van der Waals surface area contributed by atoms with E-state index in [2.05, 4.69) is 15.0 Å². The van der Waals surface area contributed by atoms with Crippen molar-refractivity contribution in [3.8, 4) is 5.82 Å². The van der Waals surface area contributed by atoms with Gasteiger partial charge in [0.15, 0.2) is 11.5 Å². The molecule has 0 saturated carbocycles. The number of aromatic nitrogens is 4. The van der Waals surface area contributed by atoms with Crippen LogP contribution in [0.5, 0.6) is 0 Å². The molecule has 0 bridgehead atoms. The summed E-state index contributed by atoms with van der Waals surface area (Å²) in [6.07, 6.45) is 5.56. The van der Waals surface area contributed by atoms with Crippen LogP contribution in [0.1, 0.15) is 21.5 Å². The van der Waals surface area contributed by atoms with Gasteiger partial charge in [-0.3, -0.25) is 9.36 Å². The molecule has 0 aliphatic heterocycles. The molecule has 4 aromatic rings. The number of nitrogens with two attached hydrogens (primary N) is 1. The smallest absolute Gasteiger partial charge is 0.252 e. The van der Waals surface area contributed by atoms with Gasteiger partial charge in [0.05, 0.1) is 5.56 Å². The van der Waals surface area contributed by atoms with Crippen molar-refractivity contribution in [1.29, 1.82) is 0 Å². The third kappa shape index (κ3) is 2.74. The fourth-order valence-electron chi connectivity index (χ4n) is 2.91. The van der Waals surface area contributed by atoms with Crippen molar-refractivity contribution in [1.82, 2.24) is 19.5 Å². The summed E-state index contributed by atoms with van der Waals surface area (Å²) < 4.78 is 1.70. The summed E-state index contributed by atoms with van der Waals surface area (Å²) in [7, 11) is 0. The van der Waals surface area contributed by atoms with Gasteiger partial charge in [-0.1, -0.05) is 30.3 Å². The maximum atomic E-state index is 12.2. The number of pyridine rings is 2.